The van der Waals surface area contributed by atoms with Crippen LogP contribution >= 0.6 is 11.6 Å². The predicted octanol–water partition coefficient (Wildman–Crippen LogP) is 2.18. The third-order valence-electron chi connectivity index (χ3n) is 2.62. The molecular weight excluding hydrogens is 264 g/mol. The summed E-state index contributed by atoms with van der Waals surface area (Å²) in [5.41, 5.74) is 0.910. The van der Waals surface area contributed by atoms with E-state index in [1.54, 1.807) is 18.2 Å². The number of benzene rings is 1. The average Bonchev–Trinajstić information content (AvgIpc) is 2.25. The molecule has 0 aromatic heterocycles. The van der Waals surface area contributed by atoms with Crippen LogP contribution in [0.1, 0.15) is 17.9 Å². The fourth-order valence-corrected chi connectivity index (χ4v) is 2.41. The Bertz CT molecular complexity index is 512. The monoisotopic (exact) mass is 276 g/mol. The Morgan fingerprint density at radius 1 is 1.53 bits per heavy atom. The SMILES string of the molecule is CS(=O)(=O)OCC1CCOc2ccc(Cl)cc21. The molecule has 1 aromatic carbocycles. The van der Waals surface area contributed by atoms with Crippen molar-refractivity contribution in [2.24, 2.45) is 0 Å². The fraction of sp³-hybridized carbons (Fsp3) is 0.455. The minimum absolute atomic E-state index is 0.00664. The van der Waals surface area contributed by atoms with Crippen LogP contribution in [0.5, 0.6) is 5.75 Å². The highest BCUT2D eigenvalue weighted by Crippen LogP contribution is 2.35. The molecule has 1 aliphatic rings. The summed E-state index contributed by atoms with van der Waals surface area (Å²) in [7, 11) is -3.41. The third kappa shape index (κ3) is 3.34. The van der Waals surface area contributed by atoms with Crippen molar-refractivity contribution in [3.8, 4) is 5.75 Å². The second kappa shape index (κ2) is 4.84. The molecule has 6 heteroatoms. The lowest BCUT2D eigenvalue weighted by Crippen LogP contribution is -2.19. The van der Waals surface area contributed by atoms with Crippen LogP contribution in [-0.4, -0.2) is 27.9 Å². The van der Waals surface area contributed by atoms with Crippen LogP contribution in [0.25, 0.3) is 0 Å². The van der Waals surface area contributed by atoms with E-state index in [0.29, 0.717) is 11.6 Å². The van der Waals surface area contributed by atoms with Crippen molar-refractivity contribution in [3.05, 3.63) is 28.8 Å². The number of hydrogen-bond acceptors (Lipinski definition) is 4. The average molecular weight is 277 g/mol. The lowest BCUT2D eigenvalue weighted by Gasteiger charge is -2.25. The maximum Gasteiger partial charge on any atom is 0.264 e. The summed E-state index contributed by atoms with van der Waals surface area (Å²) in [6.07, 6.45) is 1.77. The Morgan fingerprint density at radius 2 is 2.29 bits per heavy atom. The van der Waals surface area contributed by atoms with E-state index < -0.39 is 10.1 Å². The topological polar surface area (TPSA) is 52.6 Å². The molecule has 0 saturated carbocycles. The molecule has 1 heterocycles. The van der Waals surface area contributed by atoms with Gasteiger partial charge in [-0.25, -0.2) is 0 Å². The van der Waals surface area contributed by atoms with Crippen LogP contribution < -0.4 is 4.74 Å². The van der Waals surface area contributed by atoms with Gasteiger partial charge in [0.05, 0.1) is 19.5 Å². The lowest BCUT2D eigenvalue weighted by atomic mass is 9.94. The molecule has 17 heavy (non-hydrogen) atoms. The molecule has 1 aliphatic heterocycles. The molecule has 0 saturated heterocycles. The van der Waals surface area contributed by atoms with Crippen LogP contribution in [0.15, 0.2) is 18.2 Å². The number of hydrogen-bond donors (Lipinski definition) is 0. The van der Waals surface area contributed by atoms with Gasteiger partial charge in [-0.05, 0) is 24.6 Å². The van der Waals surface area contributed by atoms with Crippen molar-refractivity contribution < 1.29 is 17.3 Å². The van der Waals surface area contributed by atoms with Crippen molar-refractivity contribution in [3.63, 3.8) is 0 Å². The highest BCUT2D eigenvalue weighted by atomic mass is 35.5. The largest absolute Gasteiger partial charge is 0.493 e. The highest BCUT2D eigenvalue weighted by molar-refractivity contribution is 7.85. The molecule has 0 radical (unpaired) electrons. The fourth-order valence-electron chi connectivity index (χ4n) is 1.82. The molecule has 0 amide bonds. The first-order valence-electron chi connectivity index (χ1n) is 5.22. The maximum atomic E-state index is 11.0. The summed E-state index contributed by atoms with van der Waals surface area (Å²) in [5.74, 6) is 0.759. The van der Waals surface area contributed by atoms with Crippen LogP contribution in [0, 0.1) is 0 Å². The Balaban J connectivity index is 2.19. The first-order valence-corrected chi connectivity index (χ1v) is 7.42. The number of fused-ring (bicyclic) bond motifs is 1. The van der Waals surface area contributed by atoms with Gasteiger partial charge in [-0.1, -0.05) is 11.6 Å². The smallest absolute Gasteiger partial charge is 0.264 e. The van der Waals surface area contributed by atoms with Crippen molar-refractivity contribution in [1.29, 1.82) is 0 Å². The minimum Gasteiger partial charge on any atom is -0.493 e. The first kappa shape index (κ1) is 12.7. The molecule has 94 valence electrons. The molecule has 2 rings (SSSR count). The molecule has 1 unspecified atom stereocenters. The van der Waals surface area contributed by atoms with Crippen molar-refractivity contribution >= 4 is 21.7 Å². The molecule has 1 atom stereocenters. The predicted molar refractivity (Wildman–Crippen MR) is 65.1 cm³/mol. The van der Waals surface area contributed by atoms with E-state index in [-0.39, 0.29) is 12.5 Å². The number of rotatable bonds is 3. The Labute approximate surface area is 106 Å². The van der Waals surface area contributed by atoms with E-state index in [0.717, 1.165) is 24.0 Å². The number of halogens is 1. The van der Waals surface area contributed by atoms with Gasteiger partial charge in [0, 0.05) is 16.5 Å². The standard InChI is InChI=1S/C11H13ClO4S/c1-17(13,14)16-7-8-4-5-15-11-3-2-9(12)6-10(8)11/h2-3,6,8H,4-5,7H2,1H3. The van der Waals surface area contributed by atoms with Gasteiger partial charge < -0.3 is 4.74 Å². The summed E-state index contributed by atoms with van der Waals surface area (Å²) in [5, 5.41) is 0.610. The maximum absolute atomic E-state index is 11.0. The van der Waals surface area contributed by atoms with Crippen LogP contribution in [-0.2, 0) is 14.3 Å². The normalized spacial score (nSPS) is 19.5. The lowest BCUT2D eigenvalue weighted by molar-refractivity contribution is 0.221. The summed E-state index contributed by atoms with van der Waals surface area (Å²) < 4.78 is 32.3. The van der Waals surface area contributed by atoms with E-state index >= 15 is 0 Å². The van der Waals surface area contributed by atoms with E-state index in [2.05, 4.69) is 0 Å². The Hall–Kier alpha value is -0.780. The molecule has 0 aliphatic carbocycles. The van der Waals surface area contributed by atoms with Crippen molar-refractivity contribution in [1.82, 2.24) is 0 Å². The van der Waals surface area contributed by atoms with Crippen molar-refractivity contribution in [2.45, 2.75) is 12.3 Å². The zero-order valence-electron chi connectivity index (χ0n) is 9.35. The van der Waals surface area contributed by atoms with Gasteiger partial charge in [0.2, 0.25) is 0 Å². The third-order valence-corrected chi connectivity index (χ3v) is 3.42. The van der Waals surface area contributed by atoms with E-state index in [4.69, 9.17) is 20.5 Å². The van der Waals surface area contributed by atoms with Crippen LogP contribution in [0.2, 0.25) is 5.02 Å². The molecule has 0 fully saturated rings. The molecule has 1 aromatic rings. The first-order chi connectivity index (χ1) is 7.96. The van der Waals surface area contributed by atoms with Crippen LogP contribution in [0.4, 0.5) is 0 Å². The van der Waals surface area contributed by atoms with E-state index in [1.165, 1.54) is 0 Å². The Kier molecular flexibility index (Phi) is 3.61. The molecule has 0 N–H and O–H groups in total. The molecule has 0 spiro atoms. The van der Waals surface area contributed by atoms with E-state index in [1.807, 2.05) is 0 Å². The summed E-state index contributed by atoms with van der Waals surface area (Å²) in [6.45, 7) is 0.696. The van der Waals surface area contributed by atoms with Gasteiger partial charge >= 0.3 is 0 Å². The molecule has 0 bridgehead atoms. The molecular formula is C11H13ClO4S. The van der Waals surface area contributed by atoms with Gasteiger partial charge in [-0.2, -0.15) is 8.42 Å². The van der Waals surface area contributed by atoms with Crippen molar-refractivity contribution in [2.75, 3.05) is 19.5 Å². The van der Waals surface area contributed by atoms with Gasteiger partial charge in [-0.15, -0.1) is 0 Å². The second-order valence-electron chi connectivity index (χ2n) is 4.00. The summed E-state index contributed by atoms with van der Waals surface area (Å²) >= 11 is 5.92. The van der Waals surface area contributed by atoms with Gasteiger partial charge in [0.1, 0.15) is 5.75 Å². The zero-order chi connectivity index (χ0) is 12.5. The van der Waals surface area contributed by atoms with Gasteiger partial charge in [0.25, 0.3) is 10.1 Å². The van der Waals surface area contributed by atoms with Gasteiger partial charge in [0.15, 0.2) is 0 Å². The zero-order valence-corrected chi connectivity index (χ0v) is 10.9. The quantitative estimate of drug-likeness (QED) is 0.794. The number of ether oxygens (including phenoxy) is 1. The highest BCUT2D eigenvalue weighted by Gasteiger charge is 2.23. The summed E-state index contributed by atoms with van der Waals surface area (Å²) in [4.78, 5) is 0. The van der Waals surface area contributed by atoms with Gasteiger partial charge in [-0.3, -0.25) is 4.18 Å². The minimum atomic E-state index is -3.41. The van der Waals surface area contributed by atoms with E-state index in [9.17, 15) is 8.42 Å². The molecule has 4 nitrogen and oxygen atoms in total. The Morgan fingerprint density at radius 3 is 3.00 bits per heavy atom. The van der Waals surface area contributed by atoms with Crippen LogP contribution in [0.3, 0.4) is 0 Å². The summed E-state index contributed by atoms with van der Waals surface area (Å²) in [6, 6.07) is 5.34. The second-order valence-corrected chi connectivity index (χ2v) is 6.09.